The number of ether oxygens (including phenoxy) is 1. The van der Waals surface area contributed by atoms with Crippen molar-refractivity contribution in [1.82, 2.24) is 9.47 Å². The molecule has 106 valence electrons. The zero-order valence-electron chi connectivity index (χ0n) is 11.5. The van der Waals surface area contributed by atoms with Gasteiger partial charge in [0.25, 0.3) is 0 Å². The first-order valence-corrected chi connectivity index (χ1v) is 6.97. The summed E-state index contributed by atoms with van der Waals surface area (Å²) in [7, 11) is 0. The van der Waals surface area contributed by atoms with Crippen molar-refractivity contribution in [1.29, 1.82) is 0 Å². The van der Waals surface area contributed by atoms with Crippen molar-refractivity contribution in [2.45, 2.75) is 32.4 Å². The molecule has 0 saturated carbocycles. The average Bonchev–Trinajstić information content (AvgIpc) is 2.88. The molecule has 1 atom stereocenters. The van der Waals surface area contributed by atoms with Crippen molar-refractivity contribution < 1.29 is 9.53 Å². The van der Waals surface area contributed by atoms with Crippen LogP contribution in [0.15, 0.2) is 18.5 Å². The normalized spacial score (nSPS) is 17.5. The molecule has 0 aromatic carbocycles. The number of nitrogens with two attached hydrogens (primary N) is 1. The number of rotatable bonds is 5. The van der Waals surface area contributed by atoms with Crippen LogP contribution in [0.1, 0.15) is 31.4 Å². The number of amides is 1. The minimum atomic E-state index is 0.0738. The molecule has 1 aliphatic heterocycles. The summed E-state index contributed by atoms with van der Waals surface area (Å²) >= 11 is 0. The van der Waals surface area contributed by atoms with Gasteiger partial charge in [-0.15, -0.1) is 0 Å². The second kappa shape index (κ2) is 6.73. The maximum absolute atomic E-state index is 12.1. The molecule has 0 bridgehead atoms. The third kappa shape index (κ3) is 3.81. The van der Waals surface area contributed by atoms with Crippen molar-refractivity contribution in [2.24, 2.45) is 5.73 Å². The van der Waals surface area contributed by atoms with Gasteiger partial charge in [0.05, 0.1) is 13.2 Å². The lowest BCUT2D eigenvalue weighted by atomic mass is 10.1. The fourth-order valence-corrected chi connectivity index (χ4v) is 2.32. The summed E-state index contributed by atoms with van der Waals surface area (Å²) in [6.45, 7) is 5.19. The van der Waals surface area contributed by atoms with Crippen molar-refractivity contribution >= 4 is 5.91 Å². The fraction of sp³-hybridized carbons (Fsp3) is 0.643. The van der Waals surface area contributed by atoms with Gasteiger partial charge in [-0.2, -0.15) is 0 Å². The third-order valence-electron chi connectivity index (χ3n) is 3.48. The van der Waals surface area contributed by atoms with Crippen LogP contribution in [-0.4, -0.2) is 41.7 Å². The predicted octanol–water partition coefficient (Wildman–Crippen LogP) is 1.15. The highest BCUT2D eigenvalue weighted by Gasteiger charge is 2.17. The molecule has 1 saturated heterocycles. The summed E-state index contributed by atoms with van der Waals surface area (Å²) in [6.07, 6.45) is 5.96. The number of hydrogen-bond donors (Lipinski definition) is 1. The van der Waals surface area contributed by atoms with Gasteiger partial charge < -0.3 is 19.9 Å². The van der Waals surface area contributed by atoms with E-state index < -0.39 is 0 Å². The van der Waals surface area contributed by atoms with E-state index >= 15 is 0 Å². The minimum Gasteiger partial charge on any atom is -0.378 e. The molecule has 2 rings (SSSR count). The van der Waals surface area contributed by atoms with Crippen LogP contribution in [0.2, 0.25) is 0 Å². The van der Waals surface area contributed by atoms with E-state index in [2.05, 4.69) is 6.92 Å². The zero-order valence-corrected chi connectivity index (χ0v) is 11.5. The molecule has 2 heterocycles. The second-order valence-electron chi connectivity index (χ2n) is 5.01. The molecule has 19 heavy (non-hydrogen) atoms. The van der Waals surface area contributed by atoms with Gasteiger partial charge in [-0.3, -0.25) is 4.79 Å². The number of nitrogens with zero attached hydrogens (tertiary/aromatic N) is 2. The monoisotopic (exact) mass is 265 g/mol. The van der Waals surface area contributed by atoms with Gasteiger partial charge in [0, 0.05) is 31.5 Å². The molecule has 1 amide bonds. The largest absolute Gasteiger partial charge is 0.378 e. The quantitative estimate of drug-likeness (QED) is 0.868. The summed E-state index contributed by atoms with van der Waals surface area (Å²) in [4.78, 5) is 13.9. The van der Waals surface area contributed by atoms with Crippen molar-refractivity contribution in [3.8, 4) is 0 Å². The number of carbonyl (C=O) groups is 1. The molecular weight excluding hydrogens is 242 g/mol. The Hall–Kier alpha value is -1.33. The van der Waals surface area contributed by atoms with E-state index in [0.717, 1.165) is 18.4 Å². The second-order valence-corrected chi connectivity index (χ2v) is 5.01. The van der Waals surface area contributed by atoms with Gasteiger partial charge in [0.2, 0.25) is 5.91 Å². The van der Waals surface area contributed by atoms with Gasteiger partial charge in [-0.25, -0.2) is 0 Å². The van der Waals surface area contributed by atoms with Crippen LogP contribution < -0.4 is 5.73 Å². The van der Waals surface area contributed by atoms with Crippen molar-refractivity contribution in [3.63, 3.8) is 0 Å². The van der Waals surface area contributed by atoms with E-state index in [1.165, 1.54) is 0 Å². The van der Waals surface area contributed by atoms with E-state index in [4.69, 9.17) is 10.5 Å². The molecule has 0 radical (unpaired) electrons. The topological polar surface area (TPSA) is 60.5 Å². The van der Waals surface area contributed by atoms with Crippen LogP contribution in [0, 0.1) is 0 Å². The fourth-order valence-electron chi connectivity index (χ4n) is 2.32. The summed E-state index contributed by atoms with van der Waals surface area (Å²) in [5.74, 6) is 0.148. The van der Waals surface area contributed by atoms with Gasteiger partial charge in [-0.05, 0) is 18.1 Å². The van der Waals surface area contributed by atoms with Crippen LogP contribution in [0.5, 0.6) is 0 Å². The van der Waals surface area contributed by atoms with E-state index in [1.54, 1.807) is 0 Å². The SMILES string of the molecule is CCCC(N)c1ccn(CC(=O)N2CCOCC2)c1. The molecule has 0 aliphatic carbocycles. The Morgan fingerprint density at radius 1 is 1.47 bits per heavy atom. The zero-order chi connectivity index (χ0) is 13.7. The molecular formula is C14H23N3O2. The molecule has 1 fully saturated rings. The van der Waals surface area contributed by atoms with E-state index in [0.29, 0.717) is 32.8 Å². The third-order valence-corrected chi connectivity index (χ3v) is 3.48. The summed E-state index contributed by atoms with van der Waals surface area (Å²) in [5, 5.41) is 0. The summed E-state index contributed by atoms with van der Waals surface area (Å²) in [5.41, 5.74) is 7.18. The molecule has 5 heteroatoms. The molecule has 1 unspecified atom stereocenters. The van der Waals surface area contributed by atoms with Crippen molar-refractivity contribution in [2.75, 3.05) is 26.3 Å². The number of morpholine rings is 1. The van der Waals surface area contributed by atoms with Gasteiger partial charge in [-0.1, -0.05) is 13.3 Å². The Morgan fingerprint density at radius 2 is 2.21 bits per heavy atom. The van der Waals surface area contributed by atoms with Crippen molar-refractivity contribution in [3.05, 3.63) is 24.0 Å². The number of carbonyl (C=O) groups excluding carboxylic acids is 1. The minimum absolute atomic E-state index is 0.0738. The lowest BCUT2D eigenvalue weighted by Gasteiger charge is -2.26. The molecule has 2 N–H and O–H groups in total. The van der Waals surface area contributed by atoms with Gasteiger partial charge >= 0.3 is 0 Å². The first-order chi connectivity index (χ1) is 9.20. The van der Waals surface area contributed by atoms with Crippen LogP contribution in [0.4, 0.5) is 0 Å². The molecule has 0 spiro atoms. The highest BCUT2D eigenvalue weighted by Crippen LogP contribution is 2.16. The Bertz CT molecular complexity index is 411. The lowest BCUT2D eigenvalue weighted by molar-refractivity contribution is -0.135. The van der Waals surface area contributed by atoms with Crippen LogP contribution in [0.25, 0.3) is 0 Å². The van der Waals surface area contributed by atoms with Crippen LogP contribution in [0.3, 0.4) is 0 Å². The van der Waals surface area contributed by atoms with Crippen LogP contribution >= 0.6 is 0 Å². The number of aromatic nitrogens is 1. The van der Waals surface area contributed by atoms with Crippen LogP contribution in [-0.2, 0) is 16.1 Å². The lowest BCUT2D eigenvalue weighted by Crippen LogP contribution is -2.42. The summed E-state index contributed by atoms with van der Waals surface area (Å²) in [6, 6.07) is 2.08. The maximum Gasteiger partial charge on any atom is 0.242 e. The molecule has 1 aromatic heterocycles. The Balaban J connectivity index is 1.90. The standard InChI is InChI=1S/C14H23N3O2/c1-2-3-13(15)12-4-5-16(10-12)11-14(18)17-6-8-19-9-7-17/h4-5,10,13H,2-3,6-9,11,15H2,1H3. The molecule has 1 aromatic rings. The van der Waals surface area contributed by atoms with Gasteiger partial charge in [0.1, 0.15) is 6.54 Å². The maximum atomic E-state index is 12.1. The summed E-state index contributed by atoms with van der Waals surface area (Å²) < 4.78 is 7.16. The Kier molecular flexibility index (Phi) is 4.99. The predicted molar refractivity (Wildman–Crippen MR) is 73.7 cm³/mol. The first-order valence-electron chi connectivity index (χ1n) is 6.97. The molecule has 5 nitrogen and oxygen atoms in total. The number of hydrogen-bond acceptors (Lipinski definition) is 3. The van der Waals surface area contributed by atoms with Gasteiger partial charge in [0.15, 0.2) is 0 Å². The van der Waals surface area contributed by atoms with E-state index in [-0.39, 0.29) is 11.9 Å². The van der Waals surface area contributed by atoms with E-state index in [1.807, 2.05) is 27.9 Å². The smallest absolute Gasteiger partial charge is 0.242 e. The first kappa shape index (κ1) is 14.1. The average molecular weight is 265 g/mol. The highest BCUT2D eigenvalue weighted by molar-refractivity contribution is 5.76. The Labute approximate surface area is 114 Å². The van der Waals surface area contributed by atoms with E-state index in [9.17, 15) is 4.79 Å². The Morgan fingerprint density at radius 3 is 2.89 bits per heavy atom. The highest BCUT2D eigenvalue weighted by atomic mass is 16.5. The molecule has 1 aliphatic rings.